The molecule has 1 aromatic rings. The molecule has 1 nitrogen and oxygen atoms in total. The van der Waals surface area contributed by atoms with Gasteiger partial charge in [0.25, 0.3) is 0 Å². The van der Waals surface area contributed by atoms with Crippen LogP contribution in [0.2, 0.25) is 0 Å². The van der Waals surface area contributed by atoms with Crippen molar-refractivity contribution in [3.63, 3.8) is 0 Å². The highest BCUT2D eigenvalue weighted by atomic mass is 35.5. The Morgan fingerprint density at radius 2 is 2.07 bits per heavy atom. The lowest BCUT2D eigenvalue weighted by molar-refractivity contribution is -0.112. The first kappa shape index (κ1) is 12.0. The zero-order chi connectivity index (χ0) is 11.4. The van der Waals surface area contributed by atoms with Crippen LogP contribution < -0.4 is 0 Å². The lowest BCUT2D eigenvalue weighted by Crippen LogP contribution is -2.12. The molecular formula is C10H8ClF3O. The predicted octanol–water partition coefficient (Wildman–Crippen LogP) is 3.33. The van der Waals surface area contributed by atoms with Crippen LogP contribution in [0.5, 0.6) is 0 Å². The molecule has 1 unspecified atom stereocenters. The van der Waals surface area contributed by atoms with E-state index in [2.05, 4.69) is 0 Å². The van der Waals surface area contributed by atoms with Crippen molar-refractivity contribution in [1.82, 2.24) is 0 Å². The highest BCUT2D eigenvalue weighted by Gasteiger charge is 2.24. The summed E-state index contributed by atoms with van der Waals surface area (Å²) in [5.41, 5.74) is 0.0824. The predicted molar refractivity (Wildman–Crippen MR) is 50.6 cm³/mol. The summed E-state index contributed by atoms with van der Waals surface area (Å²) in [5, 5.41) is -0.857. The van der Waals surface area contributed by atoms with Crippen LogP contribution in [0, 0.1) is 5.82 Å². The standard InChI is InChI=1S/C10H8ClF3O/c11-9(15)5-8(10(13)14)6-2-1-3-7(12)4-6/h1-4,8,10H,5H2. The number of carbonyl (C=O) groups excluding carboxylic acids is 1. The fraction of sp³-hybridized carbons (Fsp3) is 0.300. The summed E-state index contributed by atoms with van der Waals surface area (Å²) in [6.07, 6.45) is -3.24. The zero-order valence-corrected chi connectivity index (χ0v) is 8.35. The van der Waals surface area contributed by atoms with Crippen molar-refractivity contribution in [1.29, 1.82) is 0 Å². The van der Waals surface area contributed by atoms with E-state index < -0.39 is 29.8 Å². The number of benzene rings is 1. The van der Waals surface area contributed by atoms with Crippen molar-refractivity contribution in [3.05, 3.63) is 35.6 Å². The first-order valence-corrected chi connectivity index (χ1v) is 4.60. The fourth-order valence-corrected chi connectivity index (χ4v) is 1.43. The van der Waals surface area contributed by atoms with Crippen molar-refractivity contribution in [2.45, 2.75) is 18.8 Å². The SMILES string of the molecule is O=C(Cl)CC(c1cccc(F)c1)C(F)F. The van der Waals surface area contributed by atoms with Crippen molar-refractivity contribution in [2.75, 3.05) is 0 Å². The molecule has 0 fully saturated rings. The van der Waals surface area contributed by atoms with Crippen LogP contribution in [0.1, 0.15) is 17.9 Å². The Morgan fingerprint density at radius 1 is 1.40 bits per heavy atom. The van der Waals surface area contributed by atoms with E-state index in [9.17, 15) is 18.0 Å². The molecule has 15 heavy (non-hydrogen) atoms. The summed E-state index contributed by atoms with van der Waals surface area (Å²) in [6, 6.07) is 4.80. The molecule has 1 rings (SSSR count). The second kappa shape index (κ2) is 5.16. The molecule has 0 aliphatic rings. The summed E-state index contributed by atoms with van der Waals surface area (Å²) in [7, 11) is 0. The number of hydrogen-bond donors (Lipinski definition) is 0. The molecule has 0 aliphatic heterocycles. The molecule has 0 saturated carbocycles. The Balaban J connectivity index is 2.93. The van der Waals surface area contributed by atoms with E-state index in [0.717, 1.165) is 12.1 Å². The third kappa shape index (κ3) is 3.55. The molecule has 0 heterocycles. The van der Waals surface area contributed by atoms with Crippen molar-refractivity contribution in [2.24, 2.45) is 0 Å². The number of rotatable bonds is 4. The highest BCUT2D eigenvalue weighted by molar-refractivity contribution is 6.63. The van der Waals surface area contributed by atoms with Crippen LogP contribution in [0.15, 0.2) is 24.3 Å². The van der Waals surface area contributed by atoms with Gasteiger partial charge in [-0.1, -0.05) is 12.1 Å². The van der Waals surface area contributed by atoms with E-state index >= 15 is 0 Å². The van der Waals surface area contributed by atoms with Gasteiger partial charge in [-0.2, -0.15) is 0 Å². The number of alkyl halides is 2. The van der Waals surface area contributed by atoms with E-state index in [4.69, 9.17) is 11.6 Å². The van der Waals surface area contributed by atoms with Crippen molar-refractivity contribution < 1.29 is 18.0 Å². The average molecular weight is 237 g/mol. The second-order valence-corrected chi connectivity index (χ2v) is 3.48. The van der Waals surface area contributed by atoms with Gasteiger partial charge in [0.1, 0.15) is 5.82 Å². The molecule has 1 aromatic carbocycles. The molecule has 0 bridgehead atoms. The molecule has 0 spiro atoms. The Labute approximate surface area is 89.9 Å². The summed E-state index contributed by atoms with van der Waals surface area (Å²) in [5.74, 6) is -1.95. The average Bonchev–Trinajstić information content (AvgIpc) is 2.13. The molecule has 0 aliphatic carbocycles. The van der Waals surface area contributed by atoms with Gasteiger partial charge in [0, 0.05) is 6.42 Å². The minimum absolute atomic E-state index is 0.0824. The second-order valence-electron chi connectivity index (χ2n) is 3.06. The van der Waals surface area contributed by atoms with E-state index in [0.29, 0.717) is 0 Å². The summed E-state index contributed by atoms with van der Waals surface area (Å²) < 4.78 is 37.9. The smallest absolute Gasteiger partial charge is 0.245 e. The van der Waals surface area contributed by atoms with Gasteiger partial charge in [-0.15, -0.1) is 0 Å². The molecule has 1 atom stereocenters. The normalized spacial score (nSPS) is 12.9. The third-order valence-corrected chi connectivity index (χ3v) is 2.12. The van der Waals surface area contributed by atoms with Gasteiger partial charge in [-0.05, 0) is 29.3 Å². The summed E-state index contributed by atoms with van der Waals surface area (Å²) in [6.45, 7) is 0. The van der Waals surface area contributed by atoms with Gasteiger partial charge < -0.3 is 0 Å². The monoisotopic (exact) mass is 236 g/mol. The maximum atomic E-state index is 12.8. The van der Waals surface area contributed by atoms with Crippen LogP contribution in [-0.4, -0.2) is 11.7 Å². The van der Waals surface area contributed by atoms with Crippen LogP contribution in [0.4, 0.5) is 13.2 Å². The van der Waals surface area contributed by atoms with Crippen molar-refractivity contribution in [3.8, 4) is 0 Å². The van der Waals surface area contributed by atoms with E-state index in [1.807, 2.05) is 0 Å². The molecule has 82 valence electrons. The van der Waals surface area contributed by atoms with Crippen LogP contribution in [-0.2, 0) is 4.79 Å². The van der Waals surface area contributed by atoms with Crippen LogP contribution >= 0.6 is 11.6 Å². The molecule has 5 heteroatoms. The summed E-state index contributed by atoms with van der Waals surface area (Å²) in [4.78, 5) is 10.6. The molecule has 0 N–H and O–H groups in total. The van der Waals surface area contributed by atoms with Gasteiger partial charge in [0.2, 0.25) is 11.7 Å². The molecular weight excluding hydrogens is 229 g/mol. The van der Waals surface area contributed by atoms with Crippen LogP contribution in [0.25, 0.3) is 0 Å². The van der Waals surface area contributed by atoms with Gasteiger partial charge in [0.15, 0.2) is 0 Å². The Hall–Kier alpha value is -1.03. The molecule has 0 aromatic heterocycles. The lowest BCUT2D eigenvalue weighted by atomic mass is 9.97. The maximum absolute atomic E-state index is 12.8. The van der Waals surface area contributed by atoms with Crippen molar-refractivity contribution >= 4 is 16.8 Å². The zero-order valence-electron chi connectivity index (χ0n) is 7.59. The topological polar surface area (TPSA) is 17.1 Å². The minimum Gasteiger partial charge on any atom is -0.281 e. The quantitative estimate of drug-likeness (QED) is 0.733. The Morgan fingerprint density at radius 3 is 2.53 bits per heavy atom. The van der Waals surface area contributed by atoms with E-state index in [1.165, 1.54) is 12.1 Å². The fourth-order valence-electron chi connectivity index (χ4n) is 1.26. The van der Waals surface area contributed by atoms with E-state index in [-0.39, 0.29) is 5.56 Å². The van der Waals surface area contributed by atoms with Gasteiger partial charge in [0.05, 0.1) is 5.92 Å². The minimum atomic E-state index is -2.74. The Bertz CT molecular complexity index is 354. The number of hydrogen-bond acceptors (Lipinski definition) is 1. The summed E-state index contributed by atoms with van der Waals surface area (Å²) >= 11 is 5.04. The van der Waals surface area contributed by atoms with Gasteiger partial charge >= 0.3 is 0 Å². The van der Waals surface area contributed by atoms with Gasteiger partial charge in [-0.3, -0.25) is 4.79 Å². The Kier molecular flexibility index (Phi) is 4.15. The van der Waals surface area contributed by atoms with Gasteiger partial charge in [-0.25, -0.2) is 13.2 Å². The van der Waals surface area contributed by atoms with E-state index in [1.54, 1.807) is 0 Å². The lowest BCUT2D eigenvalue weighted by Gasteiger charge is -2.14. The molecule has 0 radical (unpaired) electrons. The van der Waals surface area contributed by atoms with Crippen LogP contribution in [0.3, 0.4) is 0 Å². The number of carbonyl (C=O) groups is 1. The largest absolute Gasteiger partial charge is 0.281 e. The third-order valence-electron chi connectivity index (χ3n) is 1.96. The first-order chi connectivity index (χ1) is 7.00. The molecule has 0 saturated heterocycles. The first-order valence-electron chi connectivity index (χ1n) is 4.22. The number of halogens is 4. The highest BCUT2D eigenvalue weighted by Crippen LogP contribution is 2.27. The maximum Gasteiger partial charge on any atom is 0.245 e. The molecule has 0 amide bonds.